The van der Waals surface area contributed by atoms with Crippen LogP contribution in [0.2, 0.25) is 5.02 Å². The monoisotopic (exact) mass is 403 g/mol. The van der Waals surface area contributed by atoms with Crippen molar-refractivity contribution in [1.29, 1.82) is 0 Å². The summed E-state index contributed by atoms with van der Waals surface area (Å²) in [6.07, 6.45) is 0.0215. The standard InChI is InChI=1S/C20H22ClN3O4/c1-12(8-19(25)22-18-7-5-6-17(21)13(18)2)23-24-20(26)14-9-15(27-3)11-16(10-14)28-4/h5-7,9-11H,8H2,1-4H3,(H,22,25)(H,24,26)/b23-12+. The van der Waals surface area contributed by atoms with Gasteiger partial charge in [0, 0.05) is 28.1 Å². The first-order valence-electron chi connectivity index (χ1n) is 8.45. The van der Waals surface area contributed by atoms with E-state index in [4.69, 9.17) is 21.1 Å². The number of benzene rings is 2. The van der Waals surface area contributed by atoms with Crippen molar-refractivity contribution < 1.29 is 19.1 Å². The van der Waals surface area contributed by atoms with Gasteiger partial charge in [-0.1, -0.05) is 17.7 Å². The largest absolute Gasteiger partial charge is 0.497 e. The maximum atomic E-state index is 12.3. The Labute approximate surface area is 168 Å². The molecule has 0 aliphatic rings. The molecular weight excluding hydrogens is 382 g/mol. The van der Waals surface area contributed by atoms with Gasteiger partial charge in [0.05, 0.1) is 20.6 Å². The Hall–Kier alpha value is -3.06. The van der Waals surface area contributed by atoms with Crippen LogP contribution in [-0.2, 0) is 4.79 Å². The number of methoxy groups -OCH3 is 2. The fraction of sp³-hybridized carbons (Fsp3) is 0.250. The van der Waals surface area contributed by atoms with Crippen molar-refractivity contribution in [2.45, 2.75) is 20.3 Å². The normalized spacial score (nSPS) is 11.0. The van der Waals surface area contributed by atoms with Crippen LogP contribution in [0.3, 0.4) is 0 Å². The summed E-state index contributed by atoms with van der Waals surface area (Å²) in [6.45, 7) is 3.47. The van der Waals surface area contributed by atoms with Gasteiger partial charge in [0.2, 0.25) is 5.91 Å². The molecule has 0 aliphatic heterocycles. The quantitative estimate of drug-likeness (QED) is 0.543. The molecule has 2 N–H and O–H groups in total. The molecule has 0 spiro atoms. The zero-order valence-electron chi connectivity index (χ0n) is 16.1. The number of ether oxygens (including phenoxy) is 2. The summed E-state index contributed by atoms with van der Waals surface area (Å²) >= 11 is 6.05. The van der Waals surface area contributed by atoms with Gasteiger partial charge in [-0.25, -0.2) is 5.43 Å². The minimum absolute atomic E-state index is 0.0215. The minimum atomic E-state index is -0.442. The zero-order valence-corrected chi connectivity index (χ0v) is 16.9. The van der Waals surface area contributed by atoms with Crippen LogP contribution in [0, 0.1) is 6.92 Å². The van der Waals surface area contributed by atoms with E-state index in [0.717, 1.165) is 5.56 Å². The summed E-state index contributed by atoms with van der Waals surface area (Å²) in [7, 11) is 3.00. The Balaban J connectivity index is 1.99. The van der Waals surface area contributed by atoms with Gasteiger partial charge in [-0.15, -0.1) is 0 Å². The molecule has 0 aromatic heterocycles. The molecule has 28 heavy (non-hydrogen) atoms. The first-order chi connectivity index (χ1) is 13.3. The predicted molar refractivity (Wildman–Crippen MR) is 110 cm³/mol. The summed E-state index contributed by atoms with van der Waals surface area (Å²) in [4.78, 5) is 24.5. The number of nitrogens with one attached hydrogen (secondary N) is 2. The number of carbonyl (C=O) groups excluding carboxylic acids is 2. The van der Waals surface area contributed by atoms with Crippen molar-refractivity contribution in [3.8, 4) is 11.5 Å². The zero-order chi connectivity index (χ0) is 20.7. The number of rotatable bonds is 7. The molecular formula is C20H22ClN3O4. The van der Waals surface area contributed by atoms with E-state index in [1.54, 1.807) is 43.3 Å². The van der Waals surface area contributed by atoms with Crippen LogP contribution in [0.1, 0.15) is 29.3 Å². The minimum Gasteiger partial charge on any atom is -0.497 e. The molecule has 0 radical (unpaired) electrons. The van der Waals surface area contributed by atoms with Gasteiger partial charge in [-0.05, 0) is 43.7 Å². The van der Waals surface area contributed by atoms with Gasteiger partial charge in [-0.3, -0.25) is 9.59 Å². The molecule has 0 aliphatic carbocycles. The fourth-order valence-electron chi connectivity index (χ4n) is 2.36. The lowest BCUT2D eigenvalue weighted by molar-refractivity contribution is -0.115. The van der Waals surface area contributed by atoms with Crippen LogP contribution in [-0.4, -0.2) is 31.7 Å². The highest BCUT2D eigenvalue weighted by molar-refractivity contribution is 6.31. The molecule has 0 bridgehead atoms. The Bertz CT molecular complexity index is 890. The van der Waals surface area contributed by atoms with E-state index in [-0.39, 0.29) is 12.3 Å². The van der Waals surface area contributed by atoms with Gasteiger partial charge in [-0.2, -0.15) is 5.10 Å². The molecule has 2 aromatic carbocycles. The van der Waals surface area contributed by atoms with Crippen LogP contribution in [0.25, 0.3) is 0 Å². The maximum absolute atomic E-state index is 12.3. The number of amides is 2. The summed E-state index contributed by atoms with van der Waals surface area (Å²) in [6, 6.07) is 10.1. The van der Waals surface area contributed by atoms with Gasteiger partial charge < -0.3 is 14.8 Å². The summed E-state index contributed by atoms with van der Waals surface area (Å²) in [5.74, 6) is 0.273. The Morgan fingerprint density at radius 3 is 2.36 bits per heavy atom. The van der Waals surface area contributed by atoms with E-state index in [2.05, 4.69) is 15.8 Å². The number of carbonyl (C=O) groups is 2. The average Bonchev–Trinajstić information content (AvgIpc) is 2.69. The molecule has 8 heteroatoms. The van der Waals surface area contributed by atoms with Crippen molar-refractivity contribution in [2.75, 3.05) is 19.5 Å². The van der Waals surface area contributed by atoms with Gasteiger partial charge >= 0.3 is 0 Å². The topological polar surface area (TPSA) is 89.0 Å². The van der Waals surface area contributed by atoms with Crippen molar-refractivity contribution in [3.63, 3.8) is 0 Å². The van der Waals surface area contributed by atoms with Crippen molar-refractivity contribution >= 4 is 34.8 Å². The van der Waals surface area contributed by atoms with E-state index in [9.17, 15) is 9.59 Å². The van der Waals surface area contributed by atoms with Crippen molar-refractivity contribution in [3.05, 3.63) is 52.5 Å². The van der Waals surface area contributed by atoms with Crippen LogP contribution in [0.15, 0.2) is 41.5 Å². The molecule has 0 atom stereocenters. The first-order valence-corrected chi connectivity index (χ1v) is 8.83. The van der Waals surface area contributed by atoms with E-state index in [1.807, 2.05) is 6.92 Å². The molecule has 148 valence electrons. The van der Waals surface area contributed by atoms with Crippen LogP contribution < -0.4 is 20.2 Å². The third-order valence-corrected chi connectivity index (χ3v) is 4.33. The maximum Gasteiger partial charge on any atom is 0.271 e. The smallest absolute Gasteiger partial charge is 0.271 e. The lowest BCUT2D eigenvalue weighted by Crippen LogP contribution is -2.21. The molecule has 0 unspecified atom stereocenters. The number of hydrogen-bond acceptors (Lipinski definition) is 5. The molecule has 0 heterocycles. The second-order valence-electron chi connectivity index (χ2n) is 6.03. The van der Waals surface area contributed by atoms with Crippen LogP contribution in [0.5, 0.6) is 11.5 Å². The molecule has 2 amide bonds. The number of halogens is 1. The molecule has 0 saturated heterocycles. The summed E-state index contributed by atoms with van der Waals surface area (Å²) in [5.41, 5.74) is 4.62. The van der Waals surface area contributed by atoms with Gasteiger partial charge in [0.25, 0.3) is 5.91 Å². The highest BCUT2D eigenvalue weighted by Crippen LogP contribution is 2.23. The fourth-order valence-corrected chi connectivity index (χ4v) is 2.53. The van der Waals surface area contributed by atoms with Crippen LogP contribution in [0.4, 0.5) is 5.69 Å². The Morgan fingerprint density at radius 2 is 1.75 bits per heavy atom. The van der Waals surface area contributed by atoms with Crippen LogP contribution >= 0.6 is 11.6 Å². The van der Waals surface area contributed by atoms with Gasteiger partial charge in [0.15, 0.2) is 0 Å². The first kappa shape index (κ1) is 21.2. The highest BCUT2D eigenvalue weighted by atomic mass is 35.5. The van der Waals surface area contributed by atoms with Crippen molar-refractivity contribution in [2.24, 2.45) is 5.10 Å². The third kappa shape index (κ3) is 5.72. The number of nitrogens with zero attached hydrogens (tertiary/aromatic N) is 1. The van der Waals surface area contributed by atoms with Crippen molar-refractivity contribution in [1.82, 2.24) is 5.43 Å². The SMILES string of the molecule is COc1cc(OC)cc(C(=O)N/N=C(\C)CC(=O)Nc2cccc(Cl)c2C)c1. The molecule has 0 saturated carbocycles. The van der Waals surface area contributed by atoms with E-state index in [1.165, 1.54) is 14.2 Å². The Morgan fingerprint density at radius 1 is 1.11 bits per heavy atom. The number of anilines is 1. The van der Waals surface area contributed by atoms with E-state index in [0.29, 0.717) is 33.5 Å². The third-order valence-electron chi connectivity index (χ3n) is 3.92. The van der Waals surface area contributed by atoms with E-state index < -0.39 is 5.91 Å². The molecule has 2 aromatic rings. The second kappa shape index (κ2) is 9.75. The summed E-state index contributed by atoms with van der Waals surface area (Å²) in [5, 5.41) is 7.34. The Kier molecular flexibility index (Phi) is 7.40. The lowest BCUT2D eigenvalue weighted by atomic mass is 10.2. The lowest BCUT2D eigenvalue weighted by Gasteiger charge is -2.10. The number of hydrazone groups is 1. The highest BCUT2D eigenvalue weighted by Gasteiger charge is 2.11. The van der Waals surface area contributed by atoms with Gasteiger partial charge in [0.1, 0.15) is 11.5 Å². The average molecular weight is 404 g/mol. The molecule has 0 fully saturated rings. The van der Waals surface area contributed by atoms with E-state index >= 15 is 0 Å². The molecule has 2 rings (SSSR count). The number of hydrogen-bond donors (Lipinski definition) is 2. The summed E-state index contributed by atoms with van der Waals surface area (Å²) < 4.78 is 10.3. The predicted octanol–water partition coefficient (Wildman–Crippen LogP) is 3.80. The molecule has 7 nitrogen and oxygen atoms in total. The second-order valence-corrected chi connectivity index (χ2v) is 6.43.